The lowest BCUT2D eigenvalue weighted by Crippen LogP contribution is -2.32. The molecule has 0 spiro atoms. The van der Waals surface area contributed by atoms with Gasteiger partial charge in [-0.3, -0.25) is 4.90 Å². The van der Waals surface area contributed by atoms with E-state index in [2.05, 4.69) is 15.3 Å². The molecule has 0 N–H and O–H groups in total. The van der Waals surface area contributed by atoms with Crippen LogP contribution in [0.1, 0.15) is 16.3 Å². The summed E-state index contributed by atoms with van der Waals surface area (Å²) >= 11 is 1.65. The minimum Gasteiger partial charge on any atom is -0.379 e. The maximum absolute atomic E-state index is 13.1. The maximum atomic E-state index is 13.1. The molecule has 24 heavy (non-hydrogen) atoms. The van der Waals surface area contributed by atoms with E-state index in [0.29, 0.717) is 18.6 Å². The molecule has 2 aliphatic rings. The number of halogens is 1. The predicted molar refractivity (Wildman–Crippen MR) is 90.3 cm³/mol. The highest BCUT2D eigenvalue weighted by molar-refractivity contribution is 7.09. The van der Waals surface area contributed by atoms with Crippen molar-refractivity contribution in [2.45, 2.75) is 32.2 Å². The first-order valence-electron chi connectivity index (χ1n) is 8.28. The molecule has 2 aromatic rings. The standard InChI is InChI=1S/C18H21FN2O2S/c1-12-20-15(11-24-12)8-23-18-7-21(17-10-22-9-16(17)18)6-13-2-4-14(19)5-3-13/h2-5,11,16-18H,6-10H2,1H3/t16-,17+,18+/m0/s1. The first-order chi connectivity index (χ1) is 11.7. The normalized spacial score (nSPS) is 26.8. The summed E-state index contributed by atoms with van der Waals surface area (Å²) in [6.07, 6.45) is 0.167. The molecule has 2 fully saturated rings. The van der Waals surface area contributed by atoms with Gasteiger partial charge in [-0.25, -0.2) is 9.37 Å². The molecule has 0 radical (unpaired) electrons. The van der Waals surface area contributed by atoms with Crippen LogP contribution in [0.25, 0.3) is 0 Å². The fourth-order valence-electron chi connectivity index (χ4n) is 3.64. The monoisotopic (exact) mass is 348 g/mol. The van der Waals surface area contributed by atoms with Crippen LogP contribution in [0.5, 0.6) is 0 Å². The number of nitrogens with zero attached hydrogens (tertiary/aromatic N) is 2. The summed E-state index contributed by atoms with van der Waals surface area (Å²) in [7, 11) is 0. The number of thiazole rings is 1. The summed E-state index contributed by atoms with van der Waals surface area (Å²) in [5, 5.41) is 3.13. The summed E-state index contributed by atoms with van der Waals surface area (Å²) in [5.41, 5.74) is 2.13. The Hall–Kier alpha value is -1.34. The smallest absolute Gasteiger partial charge is 0.123 e. The van der Waals surface area contributed by atoms with E-state index in [1.54, 1.807) is 11.3 Å². The summed E-state index contributed by atoms with van der Waals surface area (Å²) in [4.78, 5) is 6.87. The first kappa shape index (κ1) is 16.1. The molecule has 3 atom stereocenters. The van der Waals surface area contributed by atoms with Crippen LogP contribution in [-0.4, -0.2) is 41.8 Å². The molecule has 128 valence electrons. The van der Waals surface area contributed by atoms with Gasteiger partial charge in [-0.1, -0.05) is 12.1 Å². The minimum absolute atomic E-state index is 0.167. The summed E-state index contributed by atoms with van der Waals surface area (Å²) in [6, 6.07) is 7.13. The largest absolute Gasteiger partial charge is 0.379 e. The Balaban J connectivity index is 1.40. The molecule has 2 aliphatic heterocycles. The van der Waals surface area contributed by atoms with Gasteiger partial charge in [-0.15, -0.1) is 11.3 Å². The predicted octanol–water partition coefficient (Wildman–Crippen LogP) is 3.01. The van der Waals surface area contributed by atoms with Gasteiger partial charge in [-0.2, -0.15) is 0 Å². The summed E-state index contributed by atoms with van der Waals surface area (Å²) < 4.78 is 24.9. The van der Waals surface area contributed by atoms with E-state index in [1.165, 1.54) is 12.1 Å². The average Bonchev–Trinajstić information content (AvgIpc) is 3.26. The lowest BCUT2D eigenvalue weighted by molar-refractivity contribution is 0.00756. The van der Waals surface area contributed by atoms with E-state index in [9.17, 15) is 4.39 Å². The highest BCUT2D eigenvalue weighted by atomic mass is 32.1. The molecule has 4 rings (SSSR count). The third-order valence-electron chi connectivity index (χ3n) is 4.86. The molecule has 6 heteroatoms. The second kappa shape index (κ2) is 6.88. The van der Waals surface area contributed by atoms with Gasteiger partial charge in [0.2, 0.25) is 0 Å². The first-order valence-corrected chi connectivity index (χ1v) is 9.16. The number of hydrogen-bond acceptors (Lipinski definition) is 5. The van der Waals surface area contributed by atoms with Crippen molar-refractivity contribution in [3.05, 3.63) is 51.7 Å². The molecule has 0 aliphatic carbocycles. The Morgan fingerprint density at radius 3 is 2.92 bits per heavy atom. The molecular formula is C18H21FN2O2S. The van der Waals surface area contributed by atoms with E-state index in [-0.39, 0.29) is 11.9 Å². The number of likely N-dealkylation sites (tertiary alicyclic amines) is 1. The zero-order valence-electron chi connectivity index (χ0n) is 13.7. The van der Waals surface area contributed by atoms with E-state index < -0.39 is 0 Å². The van der Waals surface area contributed by atoms with Gasteiger partial charge in [0.05, 0.1) is 36.6 Å². The molecule has 0 saturated carbocycles. The number of hydrogen-bond donors (Lipinski definition) is 0. The Morgan fingerprint density at radius 2 is 2.17 bits per heavy atom. The molecule has 0 unspecified atom stereocenters. The number of rotatable bonds is 5. The van der Waals surface area contributed by atoms with Gasteiger partial charge in [0.25, 0.3) is 0 Å². The number of aromatic nitrogens is 1. The van der Waals surface area contributed by atoms with Gasteiger partial charge in [0.15, 0.2) is 0 Å². The van der Waals surface area contributed by atoms with Crippen molar-refractivity contribution in [2.75, 3.05) is 19.8 Å². The third kappa shape index (κ3) is 3.37. The van der Waals surface area contributed by atoms with Crippen molar-refractivity contribution in [1.82, 2.24) is 9.88 Å². The fraction of sp³-hybridized carbons (Fsp3) is 0.500. The van der Waals surface area contributed by atoms with Crippen molar-refractivity contribution >= 4 is 11.3 Å². The number of ether oxygens (including phenoxy) is 2. The van der Waals surface area contributed by atoms with Crippen LogP contribution in [0.4, 0.5) is 4.39 Å². The van der Waals surface area contributed by atoms with Crippen molar-refractivity contribution in [2.24, 2.45) is 5.92 Å². The van der Waals surface area contributed by atoms with E-state index >= 15 is 0 Å². The minimum atomic E-state index is -0.193. The van der Waals surface area contributed by atoms with Crippen LogP contribution >= 0.6 is 11.3 Å². The summed E-state index contributed by atoms with van der Waals surface area (Å²) in [5.74, 6) is 0.215. The van der Waals surface area contributed by atoms with Gasteiger partial charge >= 0.3 is 0 Å². The van der Waals surface area contributed by atoms with Crippen molar-refractivity contribution < 1.29 is 13.9 Å². The Morgan fingerprint density at radius 1 is 1.33 bits per heavy atom. The van der Waals surface area contributed by atoms with E-state index in [1.807, 2.05) is 19.1 Å². The molecule has 1 aromatic carbocycles. The highest BCUT2D eigenvalue weighted by Crippen LogP contribution is 2.33. The third-order valence-corrected chi connectivity index (χ3v) is 5.69. The fourth-order valence-corrected chi connectivity index (χ4v) is 4.24. The molecule has 2 saturated heterocycles. The topological polar surface area (TPSA) is 34.6 Å². The molecular weight excluding hydrogens is 327 g/mol. The second-order valence-electron chi connectivity index (χ2n) is 6.53. The Labute approximate surface area is 145 Å². The molecule has 4 nitrogen and oxygen atoms in total. The maximum Gasteiger partial charge on any atom is 0.123 e. The van der Waals surface area contributed by atoms with Crippen LogP contribution < -0.4 is 0 Å². The second-order valence-corrected chi connectivity index (χ2v) is 7.59. The lowest BCUT2D eigenvalue weighted by atomic mass is 10.0. The molecule has 0 amide bonds. The Kier molecular flexibility index (Phi) is 4.63. The zero-order chi connectivity index (χ0) is 16.5. The molecule has 1 aromatic heterocycles. The van der Waals surface area contributed by atoms with Crippen LogP contribution in [0.2, 0.25) is 0 Å². The van der Waals surface area contributed by atoms with E-state index in [0.717, 1.165) is 42.6 Å². The van der Waals surface area contributed by atoms with Crippen molar-refractivity contribution in [3.8, 4) is 0 Å². The highest BCUT2D eigenvalue weighted by Gasteiger charge is 2.45. The van der Waals surface area contributed by atoms with Crippen molar-refractivity contribution in [3.63, 3.8) is 0 Å². The van der Waals surface area contributed by atoms with Gasteiger partial charge in [0, 0.05) is 30.4 Å². The van der Waals surface area contributed by atoms with Gasteiger partial charge < -0.3 is 9.47 Å². The number of aryl methyl sites for hydroxylation is 1. The van der Waals surface area contributed by atoms with Gasteiger partial charge in [0.1, 0.15) is 5.82 Å². The molecule has 3 heterocycles. The van der Waals surface area contributed by atoms with Gasteiger partial charge in [-0.05, 0) is 24.6 Å². The van der Waals surface area contributed by atoms with Crippen molar-refractivity contribution in [1.29, 1.82) is 0 Å². The quantitative estimate of drug-likeness (QED) is 0.832. The SMILES string of the molecule is Cc1nc(CO[C@@H]2CN(Cc3ccc(F)cc3)[C@@H]3COC[C@@H]32)cs1. The van der Waals surface area contributed by atoms with E-state index in [4.69, 9.17) is 9.47 Å². The summed E-state index contributed by atoms with van der Waals surface area (Å²) in [6.45, 7) is 5.77. The van der Waals surface area contributed by atoms with Crippen LogP contribution in [0.15, 0.2) is 29.6 Å². The number of fused-ring (bicyclic) bond motifs is 1. The molecule has 0 bridgehead atoms. The zero-order valence-corrected chi connectivity index (χ0v) is 14.5. The average molecular weight is 348 g/mol. The van der Waals surface area contributed by atoms with Crippen LogP contribution in [0.3, 0.4) is 0 Å². The lowest BCUT2D eigenvalue weighted by Gasteiger charge is -2.22. The van der Waals surface area contributed by atoms with Crippen LogP contribution in [-0.2, 0) is 22.6 Å². The van der Waals surface area contributed by atoms with Crippen LogP contribution in [0, 0.1) is 18.7 Å². The number of benzene rings is 1. The Bertz CT molecular complexity index is 691.